The SMILES string of the molecule is N#Cc1cccc(C2=CC3C=NC3C(NC3CN(C(N)=O)C3)=C2)c1. The largest absolute Gasteiger partial charge is 0.380 e. The second kappa shape index (κ2) is 5.53. The molecule has 2 atom stereocenters. The van der Waals surface area contributed by atoms with Crippen molar-refractivity contribution in [1.82, 2.24) is 10.2 Å². The minimum Gasteiger partial charge on any atom is -0.380 e. The zero-order chi connectivity index (χ0) is 16.7. The maximum absolute atomic E-state index is 11.1. The van der Waals surface area contributed by atoms with Crippen LogP contribution in [-0.2, 0) is 0 Å². The van der Waals surface area contributed by atoms with Crippen LogP contribution in [-0.4, -0.2) is 42.3 Å². The van der Waals surface area contributed by atoms with Crippen molar-refractivity contribution in [2.45, 2.75) is 12.1 Å². The molecule has 1 fully saturated rings. The van der Waals surface area contributed by atoms with Gasteiger partial charge in [0.05, 0.1) is 17.7 Å². The van der Waals surface area contributed by atoms with Gasteiger partial charge in [-0.25, -0.2) is 4.79 Å². The molecule has 24 heavy (non-hydrogen) atoms. The van der Waals surface area contributed by atoms with Crippen LogP contribution in [0.5, 0.6) is 0 Å². The van der Waals surface area contributed by atoms with E-state index in [0.29, 0.717) is 18.7 Å². The predicted molar refractivity (Wildman–Crippen MR) is 91.1 cm³/mol. The van der Waals surface area contributed by atoms with E-state index in [1.54, 1.807) is 11.0 Å². The molecule has 0 radical (unpaired) electrons. The van der Waals surface area contributed by atoms with Crippen molar-refractivity contribution in [3.05, 3.63) is 53.2 Å². The van der Waals surface area contributed by atoms with Gasteiger partial charge in [-0.15, -0.1) is 0 Å². The summed E-state index contributed by atoms with van der Waals surface area (Å²) in [4.78, 5) is 17.1. The normalized spacial score (nSPS) is 24.7. The molecule has 2 unspecified atom stereocenters. The summed E-state index contributed by atoms with van der Waals surface area (Å²) in [5.41, 5.74) is 9.10. The molecule has 6 nitrogen and oxygen atoms in total. The van der Waals surface area contributed by atoms with Crippen molar-refractivity contribution in [3.8, 4) is 6.07 Å². The molecule has 2 aliphatic heterocycles. The molecule has 1 aliphatic carbocycles. The molecule has 120 valence electrons. The van der Waals surface area contributed by atoms with Crippen molar-refractivity contribution >= 4 is 17.8 Å². The number of carbonyl (C=O) groups excluding carboxylic acids is 1. The third-order valence-electron chi connectivity index (χ3n) is 4.67. The molecular formula is C18H17N5O. The van der Waals surface area contributed by atoms with E-state index in [2.05, 4.69) is 28.5 Å². The number of amides is 2. The van der Waals surface area contributed by atoms with E-state index in [-0.39, 0.29) is 24.0 Å². The lowest BCUT2D eigenvalue weighted by Crippen LogP contribution is -2.61. The van der Waals surface area contributed by atoms with Crippen molar-refractivity contribution in [2.75, 3.05) is 13.1 Å². The Balaban J connectivity index is 1.55. The molecule has 3 aliphatic rings. The maximum Gasteiger partial charge on any atom is 0.314 e. The van der Waals surface area contributed by atoms with Crippen LogP contribution in [0, 0.1) is 17.2 Å². The van der Waals surface area contributed by atoms with Gasteiger partial charge in [-0.3, -0.25) is 4.99 Å². The number of carbonyl (C=O) groups is 1. The molecule has 2 heterocycles. The predicted octanol–water partition coefficient (Wildman–Crippen LogP) is 1.26. The number of aliphatic imine (C=N–C) groups is 1. The first-order chi connectivity index (χ1) is 11.6. The first-order valence-electron chi connectivity index (χ1n) is 7.92. The standard InChI is InChI=1S/C18H17N5O/c19-7-11-2-1-3-12(4-11)13-5-14-8-21-17(14)16(6-13)22-15-9-23(10-15)18(20)24/h1-6,8,14-15,17,22H,9-10H2,(H2,20,24). The van der Waals surface area contributed by atoms with Gasteiger partial charge in [-0.1, -0.05) is 18.2 Å². The van der Waals surface area contributed by atoms with Crippen LogP contribution >= 0.6 is 0 Å². The smallest absolute Gasteiger partial charge is 0.314 e. The van der Waals surface area contributed by atoms with Crippen molar-refractivity contribution < 1.29 is 4.79 Å². The maximum atomic E-state index is 11.1. The van der Waals surface area contributed by atoms with E-state index in [1.807, 2.05) is 24.4 Å². The van der Waals surface area contributed by atoms with Crippen LogP contribution in [0.25, 0.3) is 5.57 Å². The number of fused-ring (bicyclic) bond motifs is 1. The summed E-state index contributed by atoms with van der Waals surface area (Å²) in [6, 6.07) is 9.75. The summed E-state index contributed by atoms with van der Waals surface area (Å²) < 4.78 is 0. The number of nitrogens with zero attached hydrogens (tertiary/aromatic N) is 3. The number of primary amides is 1. The lowest BCUT2D eigenvalue weighted by molar-refractivity contribution is 0.149. The molecule has 0 bridgehead atoms. The van der Waals surface area contributed by atoms with E-state index in [9.17, 15) is 4.79 Å². The molecular weight excluding hydrogens is 302 g/mol. The van der Waals surface area contributed by atoms with Gasteiger partial charge in [-0.05, 0) is 29.3 Å². The number of hydrogen-bond donors (Lipinski definition) is 2. The van der Waals surface area contributed by atoms with E-state index in [0.717, 1.165) is 16.8 Å². The fourth-order valence-corrected chi connectivity index (χ4v) is 3.26. The zero-order valence-electron chi connectivity index (χ0n) is 13.0. The van der Waals surface area contributed by atoms with Crippen molar-refractivity contribution in [2.24, 2.45) is 16.6 Å². The first kappa shape index (κ1) is 14.5. The van der Waals surface area contributed by atoms with Crippen LogP contribution < -0.4 is 11.1 Å². The zero-order valence-corrected chi connectivity index (χ0v) is 13.0. The van der Waals surface area contributed by atoms with Gasteiger partial charge < -0.3 is 16.0 Å². The highest BCUT2D eigenvalue weighted by Crippen LogP contribution is 2.34. The molecule has 2 amide bonds. The minimum atomic E-state index is -0.376. The number of nitriles is 1. The fraction of sp³-hybridized carbons (Fsp3) is 0.278. The topological polar surface area (TPSA) is 94.5 Å². The summed E-state index contributed by atoms with van der Waals surface area (Å²) in [6.07, 6.45) is 6.24. The highest BCUT2D eigenvalue weighted by atomic mass is 16.2. The molecule has 0 spiro atoms. The second-order valence-corrected chi connectivity index (χ2v) is 6.32. The number of allylic oxidation sites excluding steroid dienone is 2. The number of hydrogen-bond acceptors (Lipinski definition) is 4. The molecule has 4 rings (SSSR count). The summed E-state index contributed by atoms with van der Waals surface area (Å²) >= 11 is 0. The molecule has 0 aromatic heterocycles. The van der Waals surface area contributed by atoms with Crippen LogP contribution in [0.4, 0.5) is 4.79 Å². The molecule has 3 N–H and O–H groups in total. The number of benzene rings is 1. The number of nitrogens with one attached hydrogen (secondary N) is 1. The third kappa shape index (κ3) is 2.44. The summed E-state index contributed by atoms with van der Waals surface area (Å²) in [7, 11) is 0. The van der Waals surface area contributed by atoms with Gasteiger partial charge >= 0.3 is 6.03 Å². The van der Waals surface area contributed by atoms with Crippen LogP contribution in [0.1, 0.15) is 11.1 Å². The Hall–Kier alpha value is -3.07. The van der Waals surface area contributed by atoms with Crippen LogP contribution in [0.2, 0.25) is 0 Å². The average molecular weight is 319 g/mol. The first-order valence-corrected chi connectivity index (χ1v) is 7.92. The highest BCUT2D eigenvalue weighted by Gasteiger charge is 2.36. The second-order valence-electron chi connectivity index (χ2n) is 6.32. The van der Waals surface area contributed by atoms with Gasteiger partial charge in [0, 0.05) is 30.9 Å². The summed E-state index contributed by atoms with van der Waals surface area (Å²) in [5.74, 6) is 0.283. The van der Waals surface area contributed by atoms with Crippen LogP contribution in [0.3, 0.4) is 0 Å². The number of likely N-dealkylation sites (tertiary alicyclic amines) is 1. The van der Waals surface area contributed by atoms with Gasteiger partial charge in [0.2, 0.25) is 0 Å². The highest BCUT2D eigenvalue weighted by molar-refractivity contribution is 5.84. The third-order valence-corrected chi connectivity index (χ3v) is 4.67. The molecule has 1 saturated heterocycles. The molecule has 6 heteroatoms. The summed E-state index contributed by atoms with van der Waals surface area (Å²) in [6.45, 7) is 1.24. The Bertz CT molecular complexity index is 826. The molecule has 0 saturated carbocycles. The summed E-state index contributed by atoms with van der Waals surface area (Å²) in [5, 5.41) is 12.6. The van der Waals surface area contributed by atoms with Crippen molar-refractivity contribution in [1.29, 1.82) is 5.26 Å². The number of nitrogens with two attached hydrogens (primary N) is 1. The van der Waals surface area contributed by atoms with E-state index >= 15 is 0 Å². The molecule has 1 aromatic carbocycles. The van der Waals surface area contributed by atoms with Gasteiger partial charge in [0.25, 0.3) is 0 Å². The van der Waals surface area contributed by atoms with E-state index in [4.69, 9.17) is 11.0 Å². The van der Waals surface area contributed by atoms with Gasteiger partial charge in [0.1, 0.15) is 6.04 Å². The van der Waals surface area contributed by atoms with E-state index in [1.165, 1.54) is 0 Å². The Morgan fingerprint density at radius 1 is 1.42 bits per heavy atom. The quantitative estimate of drug-likeness (QED) is 0.878. The van der Waals surface area contributed by atoms with Gasteiger partial charge in [-0.2, -0.15) is 5.26 Å². The Morgan fingerprint density at radius 3 is 2.92 bits per heavy atom. The average Bonchev–Trinajstić information content (AvgIpc) is 2.51. The van der Waals surface area contributed by atoms with E-state index < -0.39 is 0 Å². The lowest BCUT2D eigenvalue weighted by Gasteiger charge is -2.42. The number of urea groups is 1. The van der Waals surface area contributed by atoms with Crippen molar-refractivity contribution in [3.63, 3.8) is 0 Å². The Labute approximate surface area is 140 Å². The fourth-order valence-electron chi connectivity index (χ4n) is 3.26. The Morgan fingerprint density at radius 2 is 2.25 bits per heavy atom. The van der Waals surface area contributed by atoms with Gasteiger partial charge in [0.15, 0.2) is 0 Å². The monoisotopic (exact) mass is 319 g/mol. The minimum absolute atomic E-state index is 0.135. The lowest BCUT2D eigenvalue weighted by atomic mass is 9.83. The van der Waals surface area contributed by atoms with Crippen LogP contribution in [0.15, 0.2) is 47.1 Å². The molecule has 1 aromatic rings. The Kier molecular flexibility index (Phi) is 3.35. The number of rotatable bonds is 3.